The average Bonchev–Trinajstić information content (AvgIpc) is 2.44. The van der Waals surface area contributed by atoms with Crippen LogP contribution >= 0.6 is 23.2 Å². The number of halogens is 2. The molecule has 0 aromatic heterocycles. The standard InChI is InChI=1S/C14H9Cl2N3O/c15-10-4-2-9(6-12(10)18)14(20)19-13-5-8(7-17)1-3-11(13)16/h1-6H,18H2,(H,19,20). The fraction of sp³-hybridized carbons (Fsp3) is 0. The van der Waals surface area contributed by atoms with Crippen LogP contribution in [0.15, 0.2) is 36.4 Å². The van der Waals surface area contributed by atoms with Crippen molar-refractivity contribution in [3.8, 4) is 6.07 Å². The van der Waals surface area contributed by atoms with Crippen molar-refractivity contribution in [1.82, 2.24) is 0 Å². The minimum Gasteiger partial charge on any atom is -0.398 e. The molecule has 0 radical (unpaired) electrons. The minimum absolute atomic E-state index is 0.316. The summed E-state index contributed by atoms with van der Waals surface area (Å²) in [4.78, 5) is 12.1. The number of carbonyl (C=O) groups excluding carboxylic acids is 1. The summed E-state index contributed by atoms with van der Waals surface area (Å²) in [6.07, 6.45) is 0. The number of hydrogen-bond donors (Lipinski definition) is 2. The van der Waals surface area contributed by atoms with Gasteiger partial charge in [0.15, 0.2) is 0 Å². The Bertz CT molecular complexity index is 723. The molecule has 20 heavy (non-hydrogen) atoms. The Morgan fingerprint density at radius 2 is 1.85 bits per heavy atom. The number of rotatable bonds is 2. The lowest BCUT2D eigenvalue weighted by Gasteiger charge is -2.08. The van der Waals surface area contributed by atoms with Crippen LogP contribution < -0.4 is 11.1 Å². The molecule has 100 valence electrons. The van der Waals surface area contributed by atoms with E-state index in [1.165, 1.54) is 12.1 Å². The number of carbonyl (C=O) groups is 1. The zero-order valence-electron chi connectivity index (χ0n) is 10.2. The fourth-order valence-electron chi connectivity index (χ4n) is 1.57. The number of nitrogen functional groups attached to an aromatic ring is 1. The van der Waals surface area contributed by atoms with E-state index in [9.17, 15) is 4.79 Å². The van der Waals surface area contributed by atoms with Crippen LogP contribution in [0.3, 0.4) is 0 Å². The van der Waals surface area contributed by atoms with Crippen molar-refractivity contribution < 1.29 is 4.79 Å². The molecular formula is C14H9Cl2N3O. The van der Waals surface area contributed by atoms with Gasteiger partial charge >= 0.3 is 0 Å². The van der Waals surface area contributed by atoms with Gasteiger partial charge in [-0.15, -0.1) is 0 Å². The molecule has 0 atom stereocenters. The van der Waals surface area contributed by atoms with Crippen LogP contribution in [0.4, 0.5) is 11.4 Å². The summed E-state index contributed by atoms with van der Waals surface area (Å²) in [6.45, 7) is 0. The maximum atomic E-state index is 12.1. The lowest BCUT2D eigenvalue weighted by molar-refractivity contribution is 0.102. The van der Waals surface area contributed by atoms with Crippen molar-refractivity contribution in [3.63, 3.8) is 0 Å². The van der Waals surface area contributed by atoms with Gasteiger partial charge in [-0.05, 0) is 36.4 Å². The van der Waals surface area contributed by atoms with Gasteiger partial charge in [0.25, 0.3) is 5.91 Å². The third-order valence-electron chi connectivity index (χ3n) is 2.60. The first-order valence-electron chi connectivity index (χ1n) is 5.57. The van der Waals surface area contributed by atoms with E-state index in [1.807, 2.05) is 6.07 Å². The molecule has 0 heterocycles. The van der Waals surface area contributed by atoms with E-state index in [2.05, 4.69) is 5.32 Å². The third-order valence-corrected chi connectivity index (χ3v) is 3.28. The maximum absolute atomic E-state index is 12.1. The SMILES string of the molecule is N#Cc1ccc(Cl)c(NC(=O)c2ccc(Cl)c(N)c2)c1. The molecule has 0 saturated heterocycles. The molecule has 2 rings (SSSR count). The number of nitrogens with one attached hydrogen (secondary N) is 1. The van der Waals surface area contributed by atoms with Gasteiger partial charge in [0.1, 0.15) is 0 Å². The van der Waals surface area contributed by atoms with Crippen molar-refractivity contribution in [2.24, 2.45) is 0 Å². The van der Waals surface area contributed by atoms with Crippen molar-refractivity contribution in [2.75, 3.05) is 11.1 Å². The molecule has 0 spiro atoms. The van der Waals surface area contributed by atoms with E-state index in [4.69, 9.17) is 34.2 Å². The Morgan fingerprint density at radius 3 is 2.50 bits per heavy atom. The molecule has 0 aliphatic heterocycles. The smallest absolute Gasteiger partial charge is 0.255 e. The molecule has 0 aliphatic carbocycles. The first kappa shape index (κ1) is 14.2. The van der Waals surface area contributed by atoms with E-state index in [1.54, 1.807) is 24.3 Å². The summed E-state index contributed by atoms with van der Waals surface area (Å²) in [5, 5.41) is 12.2. The molecule has 4 nitrogen and oxygen atoms in total. The predicted octanol–water partition coefficient (Wildman–Crippen LogP) is 3.70. The number of nitriles is 1. The summed E-state index contributed by atoms with van der Waals surface area (Å²) in [6, 6.07) is 11.2. The summed E-state index contributed by atoms with van der Waals surface area (Å²) in [5.74, 6) is -0.384. The van der Waals surface area contributed by atoms with Crippen LogP contribution in [0.25, 0.3) is 0 Å². The van der Waals surface area contributed by atoms with Crippen molar-refractivity contribution >= 4 is 40.5 Å². The second-order valence-corrected chi connectivity index (χ2v) is 4.81. The average molecular weight is 306 g/mol. The summed E-state index contributed by atoms with van der Waals surface area (Å²) in [7, 11) is 0. The van der Waals surface area contributed by atoms with Crippen molar-refractivity contribution in [1.29, 1.82) is 5.26 Å². The van der Waals surface area contributed by atoms with Crippen molar-refractivity contribution in [2.45, 2.75) is 0 Å². The van der Waals surface area contributed by atoms with Crippen LogP contribution in [-0.2, 0) is 0 Å². The van der Waals surface area contributed by atoms with Crippen LogP contribution in [0, 0.1) is 11.3 Å². The number of anilines is 2. The molecule has 6 heteroatoms. The van der Waals surface area contributed by atoms with Crippen LogP contribution in [0.5, 0.6) is 0 Å². The lowest BCUT2D eigenvalue weighted by atomic mass is 10.1. The lowest BCUT2D eigenvalue weighted by Crippen LogP contribution is -2.12. The highest BCUT2D eigenvalue weighted by atomic mass is 35.5. The number of nitrogens with zero attached hydrogens (tertiary/aromatic N) is 1. The van der Waals surface area contributed by atoms with Gasteiger partial charge in [-0.25, -0.2) is 0 Å². The highest BCUT2D eigenvalue weighted by Gasteiger charge is 2.10. The third kappa shape index (κ3) is 3.02. The summed E-state index contributed by atoms with van der Waals surface area (Å²) in [5.41, 5.74) is 7.08. The molecule has 2 aromatic carbocycles. The van der Waals surface area contributed by atoms with E-state index >= 15 is 0 Å². The van der Waals surface area contributed by atoms with Gasteiger partial charge < -0.3 is 11.1 Å². The second kappa shape index (κ2) is 5.83. The minimum atomic E-state index is -0.384. The molecule has 1 amide bonds. The van der Waals surface area contributed by atoms with E-state index < -0.39 is 0 Å². The predicted molar refractivity (Wildman–Crippen MR) is 80.0 cm³/mol. The molecule has 2 aromatic rings. The quantitative estimate of drug-likeness (QED) is 0.830. The number of benzene rings is 2. The Balaban J connectivity index is 2.28. The molecule has 0 saturated carbocycles. The summed E-state index contributed by atoms with van der Waals surface area (Å²) < 4.78 is 0. The molecule has 3 N–H and O–H groups in total. The molecule has 0 aliphatic rings. The molecule has 0 bridgehead atoms. The second-order valence-electron chi connectivity index (χ2n) is 4.00. The number of amides is 1. The largest absolute Gasteiger partial charge is 0.398 e. The fourth-order valence-corrected chi connectivity index (χ4v) is 1.85. The van der Waals surface area contributed by atoms with Crippen LogP contribution in [0.2, 0.25) is 10.0 Å². The van der Waals surface area contributed by atoms with Crippen molar-refractivity contribution in [3.05, 3.63) is 57.6 Å². The van der Waals surface area contributed by atoms with Crippen LogP contribution in [0.1, 0.15) is 15.9 Å². The van der Waals surface area contributed by atoms with Gasteiger partial charge in [-0.1, -0.05) is 23.2 Å². The Labute approximate surface area is 125 Å². The van der Waals surface area contributed by atoms with Crippen LogP contribution in [-0.4, -0.2) is 5.91 Å². The number of nitrogens with two attached hydrogens (primary N) is 1. The zero-order valence-corrected chi connectivity index (χ0v) is 11.7. The Kier molecular flexibility index (Phi) is 4.14. The van der Waals surface area contributed by atoms with E-state index in [0.717, 1.165) is 0 Å². The van der Waals surface area contributed by atoms with Gasteiger partial charge in [-0.2, -0.15) is 5.26 Å². The molecule has 0 fully saturated rings. The molecular weight excluding hydrogens is 297 g/mol. The van der Waals surface area contributed by atoms with Gasteiger partial charge in [-0.3, -0.25) is 4.79 Å². The first-order valence-corrected chi connectivity index (χ1v) is 6.33. The maximum Gasteiger partial charge on any atom is 0.255 e. The number of hydrogen-bond acceptors (Lipinski definition) is 3. The molecule has 0 unspecified atom stereocenters. The van der Waals surface area contributed by atoms with E-state index in [0.29, 0.717) is 32.5 Å². The summed E-state index contributed by atoms with van der Waals surface area (Å²) >= 11 is 11.8. The van der Waals surface area contributed by atoms with Gasteiger partial charge in [0.2, 0.25) is 0 Å². The highest BCUT2D eigenvalue weighted by Crippen LogP contribution is 2.24. The van der Waals surface area contributed by atoms with Gasteiger partial charge in [0.05, 0.1) is 33.1 Å². The Hall–Kier alpha value is -2.22. The topological polar surface area (TPSA) is 78.9 Å². The highest BCUT2D eigenvalue weighted by molar-refractivity contribution is 6.34. The Morgan fingerprint density at radius 1 is 1.15 bits per heavy atom. The first-order chi connectivity index (χ1) is 9.51. The normalized spacial score (nSPS) is 9.85. The zero-order chi connectivity index (χ0) is 14.7. The monoisotopic (exact) mass is 305 g/mol. The van der Waals surface area contributed by atoms with E-state index in [-0.39, 0.29) is 5.91 Å². The van der Waals surface area contributed by atoms with Gasteiger partial charge in [0, 0.05) is 5.56 Å².